The summed E-state index contributed by atoms with van der Waals surface area (Å²) in [4.78, 5) is 0. The Hall–Kier alpha value is -0.860. The van der Waals surface area contributed by atoms with Gasteiger partial charge in [0.2, 0.25) is 0 Å². The van der Waals surface area contributed by atoms with Crippen molar-refractivity contribution in [1.82, 2.24) is 5.32 Å². The first-order valence-electron chi connectivity index (χ1n) is 7.19. The highest BCUT2D eigenvalue weighted by Gasteiger charge is 2.14. The Kier molecular flexibility index (Phi) is 5.17. The minimum Gasteiger partial charge on any atom is -0.324 e. The van der Waals surface area contributed by atoms with E-state index in [1.807, 2.05) is 13.8 Å². The largest absolute Gasteiger partial charge is 0.324 e. The van der Waals surface area contributed by atoms with Gasteiger partial charge in [-0.1, -0.05) is 39.0 Å². The van der Waals surface area contributed by atoms with Crippen molar-refractivity contribution in [2.75, 3.05) is 13.1 Å². The zero-order valence-corrected chi connectivity index (χ0v) is 13.4. The van der Waals surface area contributed by atoms with Crippen molar-refractivity contribution in [2.24, 2.45) is 5.73 Å². The number of nitrogens with two attached hydrogens (primary N) is 1. The lowest BCUT2D eigenvalue weighted by Gasteiger charge is -2.21. The first-order chi connectivity index (χ1) is 8.59. The maximum atomic E-state index is 5.95. The summed E-state index contributed by atoms with van der Waals surface area (Å²) < 4.78 is 0. The first-order valence-corrected chi connectivity index (χ1v) is 7.19. The van der Waals surface area contributed by atoms with Crippen LogP contribution >= 0.6 is 0 Å². The Labute approximate surface area is 118 Å². The lowest BCUT2D eigenvalue weighted by atomic mass is 9.85. The van der Waals surface area contributed by atoms with Gasteiger partial charge in [0.15, 0.2) is 0 Å². The molecular weight excluding hydrogens is 232 g/mol. The van der Waals surface area contributed by atoms with Crippen LogP contribution in [0.4, 0.5) is 0 Å². The molecule has 0 saturated heterocycles. The number of nitrogens with one attached hydrogen (secondary N) is 1. The fourth-order valence-electron chi connectivity index (χ4n) is 2.08. The molecule has 2 heteroatoms. The van der Waals surface area contributed by atoms with Crippen LogP contribution in [0.3, 0.4) is 0 Å². The zero-order valence-electron chi connectivity index (χ0n) is 13.4. The summed E-state index contributed by atoms with van der Waals surface area (Å²) in [7, 11) is 0. The van der Waals surface area contributed by atoms with E-state index in [-0.39, 0.29) is 11.0 Å². The molecular formula is C17H30N2. The maximum absolute atomic E-state index is 5.95. The lowest BCUT2D eigenvalue weighted by molar-refractivity contribution is 0.469. The molecule has 0 atom stereocenters. The Morgan fingerprint density at radius 1 is 1.11 bits per heavy atom. The van der Waals surface area contributed by atoms with E-state index >= 15 is 0 Å². The Morgan fingerprint density at radius 2 is 1.74 bits per heavy atom. The third-order valence-electron chi connectivity index (χ3n) is 3.36. The molecule has 0 saturated carbocycles. The van der Waals surface area contributed by atoms with Gasteiger partial charge in [-0.25, -0.2) is 0 Å². The van der Waals surface area contributed by atoms with Gasteiger partial charge in [0.1, 0.15) is 0 Å². The van der Waals surface area contributed by atoms with Gasteiger partial charge < -0.3 is 11.1 Å². The molecule has 108 valence electrons. The van der Waals surface area contributed by atoms with Crippen LogP contribution in [0.2, 0.25) is 0 Å². The van der Waals surface area contributed by atoms with Crippen molar-refractivity contribution in [1.29, 1.82) is 0 Å². The van der Waals surface area contributed by atoms with Gasteiger partial charge in [-0.05, 0) is 55.8 Å². The van der Waals surface area contributed by atoms with Crippen molar-refractivity contribution in [3.05, 3.63) is 34.9 Å². The van der Waals surface area contributed by atoms with Crippen molar-refractivity contribution in [2.45, 2.75) is 58.9 Å². The summed E-state index contributed by atoms with van der Waals surface area (Å²) in [6.07, 6.45) is 1.06. The molecule has 0 bridgehead atoms. The third-order valence-corrected chi connectivity index (χ3v) is 3.36. The van der Waals surface area contributed by atoms with Gasteiger partial charge in [0, 0.05) is 12.1 Å². The molecule has 0 spiro atoms. The average Bonchev–Trinajstić information content (AvgIpc) is 2.23. The van der Waals surface area contributed by atoms with Gasteiger partial charge in [-0.3, -0.25) is 0 Å². The van der Waals surface area contributed by atoms with Crippen LogP contribution in [-0.4, -0.2) is 18.6 Å². The predicted molar refractivity (Wildman–Crippen MR) is 84.7 cm³/mol. The molecule has 1 rings (SSSR count). The first kappa shape index (κ1) is 16.2. The number of hydrogen-bond donors (Lipinski definition) is 2. The third kappa shape index (κ3) is 5.75. The summed E-state index contributed by atoms with van der Waals surface area (Å²) in [6, 6.07) is 6.85. The van der Waals surface area contributed by atoms with Crippen LogP contribution in [0.5, 0.6) is 0 Å². The topological polar surface area (TPSA) is 38.0 Å². The van der Waals surface area contributed by atoms with E-state index in [4.69, 9.17) is 5.73 Å². The maximum Gasteiger partial charge on any atom is 0.0223 e. The van der Waals surface area contributed by atoms with Gasteiger partial charge in [-0.15, -0.1) is 0 Å². The highest BCUT2D eigenvalue weighted by Crippen LogP contribution is 2.24. The Morgan fingerprint density at radius 3 is 2.21 bits per heavy atom. The van der Waals surface area contributed by atoms with Crippen LogP contribution in [0.1, 0.15) is 51.3 Å². The van der Waals surface area contributed by atoms with E-state index in [0.29, 0.717) is 0 Å². The molecule has 0 heterocycles. The predicted octanol–water partition coefficient (Wildman–Crippen LogP) is 3.16. The molecule has 0 unspecified atom stereocenters. The zero-order chi connectivity index (χ0) is 14.7. The average molecular weight is 262 g/mol. The van der Waals surface area contributed by atoms with E-state index in [1.54, 1.807) is 0 Å². The van der Waals surface area contributed by atoms with Crippen molar-refractivity contribution >= 4 is 0 Å². The molecule has 0 amide bonds. The van der Waals surface area contributed by atoms with E-state index in [1.165, 1.54) is 16.7 Å². The normalized spacial score (nSPS) is 12.8. The van der Waals surface area contributed by atoms with Crippen LogP contribution in [0.15, 0.2) is 18.2 Å². The molecule has 3 N–H and O–H groups in total. The summed E-state index contributed by atoms with van der Waals surface area (Å²) in [5.74, 6) is 0. The van der Waals surface area contributed by atoms with Crippen molar-refractivity contribution in [3.8, 4) is 0 Å². The fourth-order valence-corrected chi connectivity index (χ4v) is 2.08. The van der Waals surface area contributed by atoms with Gasteiger partial charge in [0.05, 0.1) is 0 Å². The van der Waals surface area contributed by atoms with E-state index in [0.717, 1.165) is 19.5 Å². The van der Waals surface area contributed by atoms with Crippen LogP contribution in [0.25, 0.3) is 0 Å². The number of hydrogen-bond acceptors (Lipinski definition) is 2. The molecule has 2 nitrogen and oxygen atoms in total. The lowest BCUT2D eigenvalue weighted by Crippen LogP contribution is -2.43. The molecule has 0 aliphatic rings. The second-order valence-corrected chi connectivity index (χ2v) is 7.31. The smallest absolute Gasteiger partial charge is 0.0223 e. The minimum atomic E-state index is -0.134. The molecule has 19 heavy (non-hydrogen) atoms. The van der Waals surface area contributed by atoms with Gasteiger partial charge >= 0.3 is 0 Å². The quantitative estimate of drug-likeness (QED) is 0.800. The van der Waals surface area contributed by atoms with E-state index in [2.05, 4.69) is 51.2 Å². The van der Waals surface area contributed by atoms with Crippen LogP contribution in [0, 0.1) is 6.92 Å². The van der Waals surface area contributed by atoms with Crippen molar-refractivity contribution < 1.29 is 0 Å². The SMILES string of the molecule is Cc1cc(C(C)(C)C)ccc1CCNCC(C)(C)N. The molecule has 0 aromatic heterocycles. The summed E-state index contributed by atoms with van der Waals surface area (Å²) in [5, 5.41) is 3.42. The second-order valence-electron chi connectivity index (χ2n) is 7.31. The second kappa shape index (κ2) is 6.06. The summed E-state index contributed by atoms with van der Waals surface area (Å²) >= 11 is 0. The Bertz CT molecular complexity index is 408. The number of rotatable bonds is 5. The van der Waals surface area contributed by atoms with E-state index in [9.17, 15) is 0 Å². The molecule has 0 radical (unpaired) electrons. The minimum absolute atomic E-state index is 0.134. The van der Waals surface area contributed by atoms with E-state index < -0.39 is 0 Å². The van der Waals surface area contributed by atoms with Gasteiger partial charge in [-0.2, -0.15) is 0 Å². The summed E-state index contributed by atoms with van der Waals surface area (Å²) in [6.45, 7) is 14.9. The molecule has 1 aromatic rings. The van der Waals surface area contributed by atoms with Crippen molar-refractivity contribution in [3.63, 3.8) is 0 Å². The molecule has 1 aromatic carbocycles. The number of benzene rings is 1. The monoisotopic (exact) mass is 262 g/mol. The highest BCUT2D eigenvalue weighted by atomic mass is 14.9. The van der Waals surface area contributed by atoms with Crippen LogP contribution in [-0.2, 0) is 11.8 Å². The molecule has 0 aliphatic carbocycles. The Balaban J connectivity index is 2.57. The molecule has 0 fully saturated rings. The number of aryl methyl sites for hydroxylation is 1. The molecule has 0 aliphatic heterocycles. The standard InChI is InChI=1S/C17H30N2/c1-13-11-15(16(2,3)4)8-7-14(13)9-10-19-12-17(5,6)18/h7-8,11,19H,9-10,12,18H2,1-6H3. The van der Waals surface area contributed by atoms with Gasteiger partial charge in [0.25, 0.3) is 0 Å². The summed E-state index contributed by atoms with van der Waals surface area (Å²) in [5.41, 5.74) is 10.3. The fraction of sp³-hybridized carbons (Fsp3) is 0.647. The highest BCUT2D eigenvalue weighted by molar-refractivity contribution is 5.34. The van der Waals surface area contributed by atoms with Crippen LogP contribution < -0.4 is 11.1 Å².